The molecule has 32 heavy (non-hydrogen) atoms. The number of sulfonamides is 1. The smallest absolute Gasteiger partial charge is 0.264 e. The Hall–Kier alpha value is -3.39. The molecule has 0 saturated heterocycles. The van der Waals surface area contributed by atoms with Crippen molar-refractivity contribution in [3.05, 3.63) is 90.2 Å². The third kappa shape index (κ3) is 5.85. The van der Waals surface area contributed by atoms with Crippen molar-refractivity contribution < 1.29 is 22.3 Å². The fourth-order valence-corrected chi connectivity index (χ4v) is 4.47. The molecule has 0 aromatic heterocycles. The zero-order valence-corrected chi connectivity index (χ0v) is 18.7. The minimum Gasteiger partial charge on any atom is -0.491 e. The van der Waals surface area contributed by atoms with Crippen molar-refractivity contribution in [1.82, 2.24) is 5.32 Å². The Labute approximate surface area is 187 Å². The largest absolute Gasteiger partial charge is 0.491 e. The Morgan fingerprint density at radius 3 is 2.22 bits per heavy atom. The van der Waals surface area contributed by atoms with Crippen molar-refractivity contribution in [2.75, 3.05) is 10.8 Å². The van der Waals surface area contributed by atoms with E-state index < -0.39 is 28.3 Å². The first-order valence-corrected chi connectivity index (χ1v) is 11.6. The molecular formula is C24H25FN2O4S. The molecule has 1 N–H and O–H groups in total. The first-order valence-electron chi connectivity index (χ1n) is 10.1. The van der Waals surface area contributed by atoms with Crippen LogP contribution in [0.1, 0.15) is 19.4 Å². The van der Waals surface area contributed by atoms with Gasteiger partial charge in [-0.05, 0) is 55.8 Å². The van der Waals surface area contributed by atoms with Crippen molar-refractivity contribution in [3.63, 3.8) is 0 Å². The molecule has 3 aromatic carbocycles. The maximum atomic E-state index is 14.5. The Bertz CT molecular complexity index is 1150. The second-order valence-electron chi connectivity index (χ2n) is 7.36. The summed E-state index contributed by atoms with van der Waals surface area (Å²) in [7, 11) is -4.16. The monoisotopic (exact) mass is 456 g/mol. The molecule has 8 heteroatoms. The summed E-state index contributed by atoms with van der Waals surface area (Å²) in [6, 6.07) is 20.3. The number of hydrogen-bond acceptors (Lipinski definition) is 4. The third-order valence-corrected chi connectivity index (χ3v) is 6.30. The SMILES string of the molecule is CC(C)Oc1ccc(CNC(=O)CN(c2ccccc2F)S(=O)(=O)c2ccccc2)cc1. The number of halogens is 1. The van der Waals surface area contributed by atoms with Gasteiger partial charge in [-0.3, -0.25) is 9.10 Å². The Morgan fingerprint density at radius 1 is 0.969 bits per heavy atom. The number of hydrogen-bond donors (Lipinski definition) is 1. The molecular weight excluding hydrogens is 431 g/mol. The van der Waals surface area contributed by atoms with E-state index in [-0.39, 0.29) is 23.2 Å². The standard InChI is InChI=1S/C24H25FN2O4S/c1-18(2)31-20-14-12-19(13-15-20)16-26-24(28)17-27(23-11-7-6-10-22(23)25)32(29,30)21-8-4-3-5-9-21/h3-15,18H,16-17H2,1-2H3,(H,26,28). The van der Waals surface area contributed by atoms with E-state index in [0.29, 0.717) is 0 Å². The molecule has 0 atom stereocenters. The van der Waals surface area contributed by atoms with Gasteiger partial charge in [0.15, 0.2) is 0 Å². The van der Waals surface area contributed by atoms with E-state index in [0.717, 1.165) is 21.7 Å². The topological polar surface area (TPSA) is 75.7 Å². The van der Waals surface area contributed by atoms with Crippen LogP contribution in [0.2, 0.25) is 0 Å². The maximum absolute atomic E-state index is 14.5. The number of carbonyl (C=O) groups excluding carboxylic acids is 1. The van der Waals surface area contributed by atoms with Crippen LogP contribution in [0.15, 0.2) is 83.8 Å². The van der Waals surface area contributed by atoms with Gasteiger partial charge in [0.05, 0.1) is 16.7 Å². The molecule has 0 unspecified atom stereocenters. The van der Waals surface area contributed by atoms with E-state index in [4.69, 9.17) is 4.74 Å². The molecule has 0 radical (unpaired) electrons. The second-order valence-corrected chi connectivity index (χ2v) is 9.23. The fourth-order valence-electron chi connectivity index (χ4n) is 3.02. The Morgan fingerprint density at radius 2 is 1.59 bits per heavy atom. The van der Waals surface area contributed by atoms with Crippen molar-refractivity contribution in [2.45, 2.75) is 31.4 Å². The summed E-state index contributed by atoms with van der Waals surface area (Å²) in [5.41, 5.74) is 0.625. The molecule has 0 heterocycles. The van der Waals surface area contributed by atoms with E-state index >= 15 is 0 Å². The summed E-state index contributed by atoms with van der Waals surface area (Å²) < 4.78 is 47.2. The predicted molar refractivity (Wildman–Crippen MR) is 121 cm³/mol. The number of anilines is 1. The van der Waals surface area contributed by atoms with Crippen molar-refractivity contribution in [1.29, 1.82) is 0 Å². The van der Waals surface area contributed by atoms with Crippen LogP contribution in [0.3, 0.4) is 0 Å². The number of carbonyl (C=O) groups is 1. The molecule has 6 nitrogen and oxygen atoms in total. The second kappa shape index (κ2) is 10.3. The van der Waals surface area contributed by atoms with Crippen LogP contribution in [-0.4, -0.2) is 27.0 Å². The molecule has 0 bridgehead atoms. The van der Waals surface area contributed by atoms with Crippen molar-refractivity contribution in [3.8, 4) is 5.75 Å². The third-order valence-electron chi connectivity index (χ3n) is 4.52. The summed E-state index contributed by atoms with van der Waals surface area (Å²) >= 11 is 0. The van der Waals surface area contributed by atoms with Gasteiger partial charge in [0.2, 0.25) is 5.91 Å². The Kier molecular flexibility index (Phi) is 7.48. The fraction of sp³-hybridized carbons (Fsp3) is 0.208. The van der Waals surface area contributed by atoms with Gasteiger partial charge in [0, 0.05) is 6.54 Å². The maximum Gasteiger partial charge on any atom is 0.264 e. The Balaban J connectivity index is 1.76. The molecule has 0 aliphatic rings. The molecule has 1 amide bonds. The first kappa shape index (κ1) is 23.3. The number of rotatable bonds is 9. The average Bonchev–Trinajstić information content (AvgIpc) is 2.78. The highest BCUT2D eigenvalue weighted by Gasteiger charge is 2.28. The van der Waals surface area contributed by atoms with E-state index in [1.807, 2.05) is 26.0 Å². The highest BCUT2D eigenvalue weighted by atomic mass is 32.2. The lowest BCUT2D eigenvalue weighted by atomic mass is 10.2. The van der Waals surface area contributed by atoms with Crippen LogP contribution in [0.5, 0.6) is 5.75 Å². The molecule has 0 aliphatic carbocycles. The van der Waals surface area contributed by atoms with E-state index in [2.05, 4.69) is 5.32 Å². The van der Waals surface area contributed by atoms with E-state index in [1.165, 1.54) is 30.3 Å². The van der Waals surface area contributed by atoms with Gasteiger partial charge in [0.1, 0.15) is 18.1 Å². The molecule has 168 valence electrons. The summed E-state index contributed by atoms with van der Waals surface area (Å²) in [5, 5.41) is 2.69. The normalized spacial score (nSPS) is 11.2. The number of nitrogens with zero attached hydrogens (tertiary/aromatic N) is 1. The zero-order valence-electron chi connectivity index (χ0n) is 17.9. The first-order chi connectivity index (χ1) is 15.3. The van der Waals surface area contributed by atoms with Gasteiger partial charge >= 0.3 is 0 Å². The summed E-state index contributed by atoms with van der Waals surface area (Å²) in [5.74, 6) is -0.578. The summed E-state index contributed by atoms with van der Waals surface area (Å²) in [6.45, 7) is 3.49. The van der Waals surface area contributed by atoms with Gasteiger partial charge < -0.3 is 10.1 Å². The van der Waals surface area contributed by atoms with Crippen molar-refractivity contribution in [2.24, 2.45) is 0 Å². The quantitative estimate of drug-likeness (QED) is 0.526. The van der Waals surface area contributed by atoms with E-state index in [1.54, 1.807) is 30.3 Å². The van der Waals surface area contributed by atoms with Crippen LogP contribution in [0, 0.1) is 5.82 Å². The minimum absolute atomic E-state index is 0.0307. The van der Waals surface area contributed by atoms with Gasteiger partial charge in [-0.1, -0.05) is 42.5 Å². The summed E-state index contributed by atoms with van der Waals surface area (Å²) in [4.78, 5) is 12.6. The van der Waals surface area contributed by atoms with Gasteiger partial charge in [-0.25, -0.2) is 12.8 Å². The van der Waals surface area contributed by atoms with E-state index in [9.17, 15) is 17.6 Å². The average molecular weight is 457 g/mol. The van der Waals surface area contributed by atoms with Crippen LogP contribution in [0.25, 0.3) is 0 Å². The molecule has 0 spiro atoms. The molecule has 0 fully saturated rings. The molecule has 3 aromatic rings. The summed E-state index contributed by atoms with van der Waals surface area (Å²) in [6.07, 6.45) is 0.0523. The predicted octanol–water partition coefficient (Wildman–Crippen LogP) is 4.12. The van der Waals surface area contributed by atoms with Crippen LogP contribution in [-0.2, 0) is 21.4 Å². The number of nitrogens with one attached hydrogen (secondary N) is 1. The van der Waals surface area contributed by atoms with Crippen molar-refractivity contribution >= 4 is 21.6 Å². The molecule has 0 aliphatic heterocycles. The lowest BCUT2D eigenvalue weighted by Crippen LogP contribution is -2.41. The number of benzene rings is 3. The number of ether oxygens (including phenoxy) is 1. The minimum atomic E-state index is -4.16. The van der Waals surface area contributed by atoms with Crippen LogP contribution < -0.4 is 14.4 Å². The lowest BCUT2D eigenvalue weighted by molar-refractivity contribution is -0.119. The van der Waals surface area contributed by atoms with Gasteiger partial charge in [0.25, 0.3) is 10.0 Å². The van der Waals surface area contributed by atoms with Gasteiger partial charge in [-0.2, -0.15) is 0 Å². The highest BCUT2D eigenvalue weighted by Crippen LogP contribution is 2.26. The van der Waals surface area contributed by atoms with Crippen LogP contribution in [0.4, 0.5) is 10.1 Å². The highest BCUT2D eigenvalue weighted by molar-refractivity contribution is 7.92. The lowest BCUT2D eigenvalue weighted by Gasteiger charge is -2.24. The molecule has 3 rings (SSSR count). The number of para-hydroxylation sites is 1. The number of amides is 1. The van der Waals surface area contributed by atoms with Crippen LogP contribution >= 0.6 is 0 Å². The molecule has 0 saturated carbocycles. The zero-order chi connectivity index (χ0) is 23.1. The van der Waals surface area contributed by atoms with Gasteiger partial charge in [-0.15, -0.1) is 0 Å².